The van der Waals surface area contributed by atoms with Gasteiger partial charge < -0.3 is 14.4 Å². The Morgan fingerprint density at radius 2 is 1.78 bits per heavy atom. The van der Waals surface area contributed by atoms with Crippen LogP contribution in [0.1, 0.15) is 10.4 Å². The van der Waals surface area contributed by atoms with Crippen molar-refractivity contribution in [3.63, 3.8) is 0 Å². The van der Waals surface area contributed by atoms with Crippen LogP contribution in [0.15, 0.2) is 24.3 Å². The van der Waals surface area contributed by atoms with E-state index < -0.39 is 0 Å². The highest BCUT2D eigenvalue weighted by molar-refractivity contribution is 14.1. The van der Waals surface area contributed by atoms with Gasteiger partial charge in [-0.15, -0.1) is 0 Å². The van der Waals surface area contributed by atoms with Gasteiger partial charge in [0.15, 0.2) is 0 Å². The molecule has 1 aliphatic heterocycles. The first kappa shape index (κ1) is 13.8. The number of rotatable bonds is 3. The first-order chi connectivity index (χ1) is 8.67. The van der Waals surface area contributed by atoms with E-state index in [1.165, 1.54) is 0 Å². The summed E-state index contributed by atoms with van der Waals surface area (Å²) in [6, 6.07) is 7.60. The number of carbonyl (C=O) groups is 1. The molecule has 5 heteroatoms. The summed E-state index contributed by atoms with van der Waals surface area (Å²) in [5.74, 6) is 0.0431. The third kappa shape index (κ3) is 2.67. The SMILES string of the molecule is COC1CN(C(=O)c2ccccc2I)CC1OC. The van der Waals surface area contributed by atoms with E-state index in [-0.39, 0.29) is 18.1 Å². The molecule has 0 bridgehead atoms. The number of nitrogens with zero attached hydrogens (tertiary/aromatic N) is 1. The van der Waals surface area contributed by atoms with Crippen LogP contribution in [-0.2, 0) is 9.47 Å². The van der Waals surface area contributed by atoms with Crippen molar-refractivity contribution in [3.05, 3.63) is 33.4 Å². The standard InChI is InChI=1S/C13H16INO3/c1-17-11-7-15(8-12(11)18-2)13(16)9-5-3-4-6-10(9)14/h3-6,11-12H,7-8H2,1-2H3. The van der Waals surface area contributed by atoms with Crippen LogP contribution in [0.5, 0.6) is 0 Å². The molecule has 1 saturated heterocycles. The number of halogens is 1. The molecule has 0 aromatic heterocycles. The molecule has 0 N–H and O–H groups in total. The maximum Gasteiger partial charge on any atom is 0.255 e. The Labute approximate surface area is 120 Å². The minimum absolute atomic E-state index is 0.0414. The Morgan fingerprint density at radius 1 is 1.22 bits per heavy atom. The maximum absolute atomic E-state index is 12.4. The number of benzene rings is 1. The first-order valence-corrected chi connectivity index (χ1v) is 6.84. The molecule has 98 valence electrons. The van der Waals surface area contributed by atoms with Gasteiger partial charge in [-0.05, 0) is 34.7 Å². The van der Waals surface area contributed by atoms with Gasteiger partial charge in [0.25, 0.3) is 5.91 Å². The third-order valence-electron chi connectivity index (χ3n) is 3.21. The number of carbonyl (C=O) groups excluding carboxylic acids is 1. The van der Waals surface area contributed by atoms with Crippen molar-refractivity contribution in [3.8, 4) is 0 Å². The Morgan fingerprint density at radius 3 is 2.28 bits per heavy atom. The zero-order chi connectivity index (χ0) is 13.1. The van der Waals surface area contributed by atoms with E-state index in [0.29, 0.717) is 13.1 Å². The molecule has 2 unspecified atom stereocenters. The second-order valence-corrected chi connectivity index (χ2v) is 5.40. The lowest BCUT2D eigenvalue weighted by atomic mass is 10.2. The van der Waals surface area contributed by atoms with E-state index in [9.17, 15) is 4.79 Å². The topological polar surface area (TPSA) is 38.8 Å². The molecule has 18 heavy (non-hydrogen) atoms. The van der Waals surface area contributed by atoms with Crippen molar-refractivity contribution in [2.24, 2.45) is 0 Å². The summed E-state index contributed by atoms with van der Waals surface area (Å²) in [7, 11) is 3.30. The van der Waals surface area contributed by atoms with Gasteiger partial charge >= 0.3 is 0 Å². The summed E-state index contributed by atoms with van der Waals surface area (Å²) < 4.78 is 11.6. The highest BCUT2D eigenvalue weighted by Crippen LogP contribution is 2.20. The second-order valence-electron chi connectivity index (χ2n) is 4.24. The van der Waals surface area contributed by atoms with Crippen LogP contribution in [0.2, 0.25) is 0 Å². The molecule has 1 aliphatic rings. The highest BCUT2D eigenvalue weighted by atomic mass is 127. The predicted octanol–water partition coefficient (Wildman–Crippen LogP) is 1.78. The lowest BCUT2D eigenvalue weighted by Crippen LogP contribution is -2.30. The fourth-order valence-corrected chi connectivity index (χ4v) is 2.79. The maximum atomic E-state index is 12.4. The molecule has 1 amide bonds. The van der Waals surface area contributed by atoms with E-state index in [2.05, 4.69) is 22.6 Å². The number of hydrogen-bond donors (Lipinski definition) is 0. The highest BCUT2D eigenvalue weighted by Gasteiger charge is 2.36. The lowest BCUT2D eigenvalue weighted by Gasteiger charge is -2.16. The molecule has 2 rings (SSSR count). The Kier molecular flexibility index (Phi) is 4.58. The molecule has 0 spiro atoms. The van der Waals surface area contributed by atoms with Crippen molar-refractivity contribution in [1.82, 2.24) is 4.90 Å². The Hall–Kier alpha value is -0.660. The van der Waals surface area contributed by atoms with Crippen LogP contribution in [0, 0.1) is 3.57 Å². The second kappa shape index (κ2) is 5.99. The molecule has 0 saturated carbocycles. The van der Waals surface area contributed by atoms with E-state index in [1.54, 1.807) is 19.1 Å². The monoisotopic (exact) mass is 361 g/mol. The van der Waals surface area contributed by atoms with Crippen LogP contribution < -0.4 is 0 Å². The average molecular weight is 361 g/mol. The molecule has 2 atom stereocenters. The average Bonchev–Trinajstić information content (AvgIpc) is 2.81. The molecule has 4 nitrogen and oxygen atoms in total. The normalized spacial score (nSPS) is 23.4. The summed E-state index contributed by atoms with van der Waals surface area (Å²) in [5.41, 5.74) is 0.740. The van der Waals surface area contributed by atoms with Crippen LogP contribution in [-0.4, -0.2) is 50.3 Å². The van der Waals surface area contributed by atoms with Crippen molar-refractivity contribution in [2.75, 3.05) is 27.3 Å². The van der Waals surface area contributed by atoms with Gasteiger partial charge in [-0.25, -0.2) is 0 Å². The minimum Gasteiger partial charge on any atom is -0.377 e. The third-order valence-corrected chi connectivity index (χ3v) is 4.15. The van der Waals surface area contributed by atoms with Crippen molar-refractivity contribution in [1.29, 1.82) is 0 Å². The summed E-state index contributed by atoms with van der Waals surface area (Å²) >= 11 is 2.18. The summed E-state index contributed by atoms with van der Waals surface area (Å²) in [6.45, 7) is 1.16. The van der Waals surface area contributed by atoms with Gasteiger partial charge in [-0.2, -0.15) is 0 Å². The summed E-state index contributed by atoms with van der Waals surface area (Å²) in [4.78, 5) is 14.2. The number of ether oxygens (including phenoxy) is 2. The fraction of sp³-hybridized carbons (Fsp3) is 0.462. The zero-order valence-electron chi connectivity index (χ0n) is 10.4. The van der Waals surface area contributed by atoms with Crippen molar-refractivity contribution in [2.45, 2.75) is 12.2 Å². The largest absolute Gasteiger partial charge is 0.377 e. The van der Waals surface area contributed by atoms with Crippen LogP contribution >= 0.6 is 22.6 Å². The van der Waals surface area contributed by atoms with Gasteiger partial charge in [0.2, 0.25) is 0 Å². The van der Waals surface area contributed by atoms with Crippen molar-refractivity contribution < 1.29 is 14.3 Å². The van der Waals surface area contributed by atoms with Gasteiger partial charge in [-0.3, -0.25) is 4.79 Å². The number of amides is 1. The molecule has 0 aliphatic carbocycles. The van der Waals surface area contributed by atoms with E-state index in [0.717, 1.165) is 9.13 Å². The first-order valence-electron chi connectivity index (χ1n) is 5.76. The molecule has 1 heterocycles. The molecular formula is C13H16INO3. The Balaban J connectivity index is 2.14. The lowest BCUT2D eigenvalue weighted by molar-refractivity contribution is -0.00461. The number of methoxy groups -OCH3 is 2. The zero-order valence-corrected chi connectivity index (χ0v) is 12.6. The smallest absolute Gasteiger partial charge is 0.255 e. The van der Waals surface area contributed by atoms with E-state index in [1.807, 2.05) is 24.3 Å². The number of hydrogen-bond acceptors (Lipinski definition) is 3. The number of likely N-dealkylation sites (tertiary alicyclic amines) is 1. The van der Waals surface area contributed by atoms with Crippen LogP contribution in [0.3, 0.4) is 0 Å². The van der Waals surface area contributed by atoms with Gasteiger partial charge in [0, 0.05) is 30.9 Å². The minimum atomic E-state index is -0.0414. The van der Waals surface area contributed by atoms with E-state index in [4.69, 9.17) is 9.47 Å². The fourth-order valence-electron chi connectivity index (χ4n) is 2.17. The molecular weight excluding hydrogens is 345 g/mol. The van der Waals surface area contributed by atoms with Crippen LogP contribution in [0.25, 0.3) is 0 Å². The Bertz CT molecular complexity index is 426. The van der Waals surface area contributed by atoms with Gasteiger partial charge in [0.1, 0.15) is 12.2 Å². The quantitative estimate of drug-likeness (QED) is 0.771. The van der Waals surface area contributed by atoms with E-state index >= 15 is 0 Å². The van der Waals surface area contributed by atoms with Crippen molar-refractivity contribution >= 4 is 28.5 Å². The van der Waals surface area contributed by atoms with Gasteiger partial charge in [-0.1, -0.05) is 12.1 Å². The summed E-state index contributed by atoms with van der Waals surface area (Å²) in [5, 5.41) is 0. The molecule has 1 fully saturated rings. The molecule has 0 radical (unpaired) electrons. The van der Waals surface area contributed by atoms with Crippen LogP contribution in [0.4, 0.5) is 0 Å². The molecule has 1 aromatic carbocycles. The predicted molar refractivity (Wildman–Crippen MR) is 76.7 cm³/mol. The van der Waals surface area contributed by atoms with Gasteiger partial charge in [0.05, 0.1) is 5.56 Å². The molecule has 1 aromatic rings. The summed E-state index contributed by atoms with van der Waals surface area (Å²) in [6.07, 6.45) is -0.0827.